The average molecular weight is 477 g/mol. The molecule has 0 saturated carbocycles. The molecule has 1 fully saturated rings. The molecule has 12 heteroatoms. The number of aromatic nitrogens is 3. The number of carbonyl (C=O) groups excluding carboxylic acids is 1. The summed E-state index contributed by atoms with van der Waals surface area (Å²) in [5.41, 5.74) is 4.81. The Morgan fingerprint density at radius 2 is 2.21 bits per heavy atom. The SMILES string of the molecule is CCC(C)(C)COC(=O)[C@H](C)NCOC[C@@]1(C#N)O[C@@H](c2ccc3c(N)ncnn23)[C@H](O)[C@@H]1O. The third-order valence-corrected chi connectivity index (χ3v) is 6.16. The normalized spacial score (nSPS) is 25.9. The van der Waals surface area contributed by atoms with Crippen molar-refractivity contribution >= 4 is 17.3 Å². The number of ether oxygens (including phenoxy) is 3. The molecule has 0 unspecified atom stereocenters. The molecule has 5 N–H and O–H groups in total. The standard InChI is InChI=1S/C22H32N6O6/c1-5-21(3,4)9-33-20(31)13(2)26-12-32-10-22(8-23)18(30)16(29)17(34-22)14-6-7-15-19(24)25-11-27-28(14)15/h6-7,11,13,16-18,26,29-30H,5,9-10,12H2,1-4H3,(H2,24,25,27)/t13-,16-,17-,18-,22+/m0/s1. The molecule has 1 aliphatic heterocycles. The first-order chi connectivity index (χ1) is 16.0. The minimum atomic E-state index is -1.83. The van der Waals surface area contributed by atoms with Crippen LogP contribution in [0.1, 0.15) is 45.9 Å². The molecule has 0 aliphatic carbocycles. The van der Waals surface area contributed by atoms with Gasteiger partial charge in [0.15, 0.2) is 5.82 Å². The van der Waals surface area contributed by atoms with E-state index in [2.05, 4.69) is 15.4 Å². The van der Waals surface area contributed by atoms with Gasteiger partial charge in [-0.2, -0.15) is 10.4 Å². The van der Waals surface area contributed by atoms with Crippen LogP contribution >= 0.6 is 0 Å². The van der Waals surface area contributed by atoms with E-state index in [1.165, 1.54) is 10.8 Å². The van der Waals surface area contributed by atoms with Crippen molar-refractivity contribution < 1.29 is 29.2 Å². The van der Waals surface area contributed by atoms with E-state index in [-0.39, 0.29) is 24.6 Å². The number of hydrogen-bond donors (Lipinski definition) is 4. The molecular weight excluding hydrogens is 444 g/mol. The molecule has 1 saturated heterocycles. The third-order valence-electron chi connectivity index (χ3n) is 6.16. The van der Waals surface area contributed by atoms with E-state index in [1.807, 2.05) is 26.8 Å². The van der Waals surface area contributed by atoms with Crippen LogP contribution in [0, 0.1) is 16.7 Å². The molecule has 0 amide bonds. The maximum absolute atomic E-state index is 12.2. The highest BCUT2D eigenvalue weighted by Gasteiger charge is 2.56. The van der Waals surface area contributed by atoms with Crippen LogP contribution in [0.25, 0.3) is 5.52 Å². The monoisotopic (exact) mass is 476 g/mol. The second-order valence-electron chi connectivity index (χ2n) is 9.22. The minimum absolute atomic E-state index is 0.106. The summed E-state index contributed by atoms with van der Waals surface area (Å²) in [6.07, 6.45) is -1.90. The first-order valence-corrected chi connectivity index (χ1v) is 11.1. The van der Waals surface area contributed by atoms with E-state index in [0.717, 1.165) is 6.42 Å². The van der Waals surface area contributed by atoms with Gasteiger partial charge in [0.05, 0.1) is 25.6 Å². The minimum Gasteiger partial charge on any atom is -0.464 e. The Morgan fingerprint density at radius 1 is 1.47 bits per heavy atom. The fourth-order valence-electron chi connectivity index (χ4n) is 3.44. The van der Waals surface area contributed by atoms with Crippen LogP contribution in [0.2, 0.25) is 0 Å². The lowest BCUT2D eigenvalue weighted by Gasteiger charge is -2.25. The number of nitrogens with two attached hydrogens (primary N) is 1. The molecule has 0 bridgehead atoms. The van der Waals surface area contributed by atoms with Crippen LogP contribution in [-0.2, 0) is 19.0 Å². The van der Waals surface area contributed by atoms with Crippen molar-refractivity contribution in [1.29, 1.82) is 5.26 Å². The molecule has 5 atom stereocenters. The highest BCUT2D eigenvalue weighted by Crippen LogP contribution is 2.40. The molecule has 2 aromatic heterocycles. The van der Waals surface area contributed by atoms with E-state index in [0.29, 0.717) is 17.8 Å². The number of nitrogen functional groups attached to an aromatic ring is 1. The number of rotatable bonds is 10. The molecule has 0 radical (unpaired) electrons. The smallest absolute Gasteiger partial charge is 0.322 e. The molecule has 2 aromatic rings. The number of fused-ring (bicyclic) bond motifs is 1. The number of hydrogen-bond acceptors (Lipinski definition) is 11. The predicted molar refractivity (Wildman–Crippen MR) is 120 cm³/mol. The second-order valence-corrected chi connectivity index (χ2v) is 9.22. The summed E-state index contributed by atoms with van der Waals surface area (Å²) >= 11 is 0. The number of anilines is 1. The number of nitrogens with zero attached hydrogens (tertiary/aromatic N) is 4. The fraction of sp³-hybridized carbons (Fsp3) is 0.636. The Kier molecular flexibility index (Phi) is 7.74. The van der Waals surface area contributed by atoms with Crippen LogP contribution in [0.4, 0.5) is 5.82 Å². The number of aliphatic hydroxyl groups excluding tert-OH is 2. The van der Waals surface area contributed by atoms with Crippen molar-refractivity contribution in [2.75, 3.05) is 25.7 Å². The van der Waals surface area contributed by atoms with Crippen molar-refractivity contribution in [3.8, 4) is 6.07 Å². The Hall–Kier alpha value is -2.82. The summed E-state index contributed by atoms with van der Waals surface area (Å²) in [6.45, 7) is 7.53. The molecule has 1 aliphatic rings. The van der Waals surface area contributed by atoms with Gasteiger partial charge in [0, 0.05) is 0 Å². The Bertz CT molecular complexity index is 1050. The van der Waals surface area contributed by atoms with E-state index < -0.39 is 35.9 Å². The molecular formula is C22H32N6O6. The number of nitrogens with one attached hydrogen (secondary N) is 1. The summed E-state index contributed by atoms with van der Waals surface area (Å²) in [5.74, 6) is -0.185. The zero-order chi connectivity index (χ0) is 25.1. The van der Waals surface area contributed by atoms with E-state index >= 15 is 0 Å². The molecule has 12 nitrogen and oxygen atoms in total. The van der Waals surface area contributed by atoms with Gasteiger partial charge in [0.2, 0.25) is 5.60 Å². The van der Waals surface area contributed by atoms with Crippen LogP contribution < -0.4 is 11.1 Å². The summed E-state index contributed by atoms with van der Waals surface area (Å²) < 4.78 is 18.1. The van der Waals surface area contributed by atoms with Crippen LogP contribution in [0.15, 0.2) is 18.5 Å². The number of esters is 1. The molecule has 3 heterocycles. The van der Waals surface area contributed by atoms with Gasteiger partial charge in [0.25, 0.3) is 0 Å². The van der Waals surface area contributed by atoms with Crippen molar-refractivity contribution in [1.82, 2.24) is 19.9 Å². The summed E-state index contributed by atoms with van der Waals surface area (Å²) in [6, 6.07) is 4.56. The maximum atomic E-state index is 12.2. The highest BCUT2D eigenvalue weighted by atomic mass is 16.6. The Morgan fingerprint density at radius 3 is 2.88 bits per heavy atom. The van der Waals surface area contributed by atoms with Crippen molar-refractivity contribution in [3.63, 3.8) is 0 Å². The predicted octanol–water partition coefficient (Wildman–Crippen LogP) is 0.299. The van der Waals surface area contributed by atoms with Gasteiger partial charge in [-0.05, 0) is 30.9 Å². The first-order valence-electron chi connectivity index (χ1n) is 11.1. The Balaban J connectivity index is 1.59. The topological polar surface area (TPSA) is 177 Å². The quantitative estimate of drug-likeness (QED) is 0.211. The number of carbonyl (C=O) groups is 1. The molecule has 186 valence electrons. The van der Waals surface area contributed by atoms with Gasteiger partial charge in [-0.1, -0.05) is 20.8 Å². The lowest BCUT2D eigenvalue weighted by molar-refractivity contribution is -0.149. The summed E-state index contributed by atoms with van der Waals surface area (Å²) in [4.78, 5) is 16.1. The van der Waals surface area contributed by atoms with Gasteiger partial charge < -0.3 is 30.2 Å². The fourth-order valence-corrected chi connectivity index (χ4v) is 3.44. The summed E-state index contributed by atoms with van der Waals surface area (Å²) in [7, 11) is 0. The molecule has 34 heavy (non-hydrogen) atoms. The lowest BCUT2D eigenvalue weighted by atomic mass is 9.92. The largest absolute Gasteiger partial charge is 0.464 e. The molecule has 0 aromatic carbocycles. The zero-order valence-electron chi connectivity index (χ0n) is 19.8. The lowest BCUT2D eigenvalue weighted by Crippen LogP contribution is -2.47. The number of nitriles is 1. The van der Waals surface area contributed by atoms with Crippen molar-refractivity contribution in [2.45, 2.75) is 64.1 Å². The maximum Gasteiger partial charge on any atom is 0.322 e. The van der Waals surface area contributed by atoms with Crippen LogP contribution in [0.3, 0.4) is 0 Å². The Labute approximate surface area is 197 Å². The van der Waals surface area contributed by atoms with Gasteiger partial charge in [-0.25, -0.2) is 9.50 Å². The second kappa shape index (κ2) is 10.2. The van der Waals surface area contributed by atoms with Crippen LogP contribution in [0.5, 0.6) is 0 Å². The molecule has 0 spiro atoms. The summed E-state index contributed by atoms with van der Waals surface area (Å²) in [5, 5.41) is 38.0. The van der Waals surface area contributed by atoms with E-state index in [1.54, 1.807) is 19.1 Å². The van der Waals surface area contributed by atoms with Gasteiger partial charge in [0.1, 0.15) is 42.3 Å². The van der Waals surface area contributed by atoms with Gasteiger partial charge >= 0.3 is 5.97 Å². The van der Waals surface area contributed by atoms with Crippen molar-refractivity contribution in [3.05, 3.63) is 24.2 Å². The molecule has 3 rings (SSSR count). The van der Waals surface area contributed by atoms with Crippen LogP contribution in [-0.4, -0.2) is 74.6 Å². The third kappa shape index (κ3) is 5.13. The first kappa shape index (κ1) is 25.8. The van der Waals surface area contributed by atoms with E-state index in [9.17, 15) is 20.3 Å². The van der Waals surface area contributed by atoms with Gasteiger partial charge in [-0.15, -0.1) is 0 Å². The number of aliphatic hydroxyl groups is 2. The van der Waals surface area contributed by atoms with E-state index in [4.69, 9.17) is 19.9 Å². The average Bonchev–Trinajstić information content (AvgIpc) is 3.36. The zero-order valence-corrected chi connectivity index (χ0v) is 19.8. The highest BCUT2D eigenvalue weighted by molar-refractivity contribution is 5.75. The van der Waals surface area contributed by atoms with Crippen molar-refractivity contribution in [2.24, 2.45) is 5.41 Å². The van der Waals surface area contributed by atoms with Gasteiger partial charge in [-0.3, -0.25) is 10.1 Å².